The second-order valence-electron chi connectivity index (χ2n) is 3.14. The van der Waals surface area contributed by atoms with Crippen molar-refractivity contribution in [3.8, 4) is 0 Å². The molecule has 1 heterocycles. The smallest absolute Gasteiger partial charge is 0.0851 e. The summed E-state index contributed by atoms with van der Waals surface area (Å²) in [5.74, 6) is 0.296. The minimum atomic E-state index is -0.250. The van der Waals surface area contributed by atoms with Crippen LogP contribution >= 0.6 is 0 Å². The zero-order valence-electron chi connectivity index (χ0n) is 6.87. The molecule has 0 radical (unpaired) electrons. The predicted molar refractivity (Wildman–Crippen MR) is 39.8 cm³/mol. The Morgan fingerprint density at radius 2 is 2.00 bits per heavy atom. The highest BCUT2D eigenvalue weighted by Gasteiger charge is 2.36. The molecule has 1 aliphatic rings. The van der Waals surface area contributed by atoms with Gasteiger partial charge in [-0.2, -0.15) is 0 Å². The summed E-state index contributed by atoms with van der Waals surface area (Å²) in [6.07, 6.45) is 0.959. The van der Waals surface area contributed by atoms with E-state index in [1.165, 1.54) is 0 Å². The van der Waals surface area contributed by atoms with Gasteiger partial charge in [0.2, 0.25) is 0 Å². The Kier molecular flexibility index (Phi) is 2.32. The first-order valence-corrected chi connectivity index (χ1v) is 4.00. The molecular formula is C8H16O2. The lowest BCUT2D eigenvalue weighted by Crippen LogP contribution is -2.24. The average molecular weight is 144 g/mol. The molecule has 60 valence electrons. The third kappa shape index (κ3) is 1.18. The molecule has 0 aromatic heterocycles. The lowest BCUT2D eigenvalue weighted by atomic mass is 9.98. The minimum Gasteiger partial charge on any atom is -0.390 e. The first kappa shape index (κ1) is 8.02. The Hall–Kier alpha value is -0.0800. The van der Waals surface area contributed by atoms with Gasteiger partial charge in [0.25, 0.3) is 0 Å². The normalized spacial score (nSPS) is 48.0. The standard InChI is InChI=1S/C8H16O2/c1-4-7-8(9)5(2)6(3)10-7/h5-9H,4H2,1-3H3/t5?,6-,7+,8?/m0/s1. The lowest BCUT2D eigenvalue weighted by molar-refractivity contribution is 0.0144. The molecule has 0 aliphatic carbocycles. The van der Waals surface area contributed by atoms with Crippen molar-refractivity contribution in [3.05, 3.63) is 0 Å². The van der Waals surface area contributed by atoms with Gasteiger partial charge < -0.3 is 9.84 Å². The van der Waals surface area contributed by atoms with Crippen LogP contribution in [0, 0.1) is 5.92 Å². The van der Waals surface area contributed by atoms with E-state index in [0.717, 1.165) is 6.42 Å². The van der Waals surface area contributed by atoms with Gasteiger partial charge in [0.05, 0.1) is 18.3 Å². The molecule has 0 aromatic carbocycles. The largest absolute Gasteiger partial charge is 0.390 e. The SMILES string of the molecule is CC[C@H]1O[C@@H](C)C(C)C1O. The van der Waals surface area contributed by atoms with E-state index in [9.17, 15) is 5.11 Å². The Morgan fingerprint density at radius 3 is 2.20 bits per heavy atom. The van der Waals surface area contributed by atoms with Gasteiger partial charge >= 0.3 is 0 Å². The van der Waals surface area contributed by atoms with Gasteiger partial charge in [0.15, 0.2) is 0 Å². The van der Waals surface area contributed by atoms with Crippen LogP contribution in [0.3, 0.4) is 0 Å². The Bertz CT molecular complexity index is 114. The zero-order chi connectivity index (χ0) is 7.72. The Balaban J connectivity index is 2.53. The maximum Gasteiger partial charge on any atom is 0.0851 e. The monoisotopic (exact) mass is 144 g/mol. The molecule has 2 unspecified atom stereocenters. The topological polar surface area (TPSA) is 29.5 Å². The first-order chi connectivity index (χ1) is 4.66. The van der Waals surface area contributed by atoms with Gasteiger partial charge in [-0.1, -0.05) is 13.8 Å². The Morgan fingerprint density at radius 1 is 1.40 bits per heavy atom. The molecule has 0 aromatic rings. The molecule has 0 bridgehead atoms. The van der Waals surface area contributed by atoms with Gasteiger partial charge in [-0.05, 0) is 13.3 Å². The van der Waals surface area contributed by atoms with E-state index in [4.69, 9.17) is 4.74 Å². The zero-order valence-corrected chi connectivity index (χ0v) is 6.87. The fraction of sp³-hybridized carbons (Fsp3) is 1.00. The molecule has 10 heavy (non-hydrogen) atoms. The third-order valence-electron chi connectivity index (χ3n) is 2.45. The molecule has 0 spiro atoms. The molecule has 2 heteroatoms. The van der Waals surface area contributed by atoms with Crippen molar-refractivity contribution in [2.24, 2.45) is 5.92 Å². The van der Waals surface area contributed by atoms with E-state index in [2.05, 4.69) is 0 Å². The van der Waals surface area contributed by atoms with Crippen molar-refractivity contribution in [1.82, 2.24) is 0 Å². The summed E-state index contributed by atoms with van der Waals surface area (Å²) >= 11 is 0. The fourth-order valence-corrected chi connectivity index (χ4v) is 1.43. The quantitative estimate of drug-likeness (QED) is 0.599. The van der Waals surface area contributed by atoms with Crippen LogP contribution in [0.5, 0.6) is 0 Å². The van der Waals surface area contributed by atoms with Gasteiger partial charge in [0.1, 0.15) is 0 Å². The maximum absolute atomic E-state index is 9.50. The van der Waals surface area contributed by atoms with Gasteiger partial charge in [-0.25, -0.2) is 0 Å². The second-order valence-corrected chi connectivity index (χ2v) is 3.14. The maximum atomic E-state index is 9.50. The fourth-order valence-electron chi connectivity index (χ4n) is 1.43. The van der Waals surface area contributed by atoms with E-state index >= 15 is 0 Å². The molecule has 1 rings (SSSR count). The molecule has 2 nitrogen and oxygen atoms in total. The van der Waals surface area contributed by atoms with Crippen LogP contribution in [0.1, 0.15) is 27.2 Å². The number of rotatable bonds is 1. The summed E-state index contributed by atoms with van der Waals surface area (Å²) < 4.78 is 5.48. The Labute approximate surface area is 62.2 Å². The third-order valence-corrected chi connectivity index (χ3v) is 2.45. The van der Waals surface area contributed by atoms with Crippen LogP contribution in [0.2, 0.25) is 0 Å². The van der Waals surface area contributed by atoms with Crippen molar-refractivity contribution in [1.29, 1.82) is 0 Å². The molecule has 1 N–H and O–H groups in total. The van der Waals surface area contributed by atoms with E-state index in [1.54, 1.807) is 0 Å². The highest BCUT2D eigenvalue weighted by molar-refractivity contribution is 4.84. The van der Waals surface area contributed by atoms with E-state index in [0.29, 0.717) is 5.92 Å². The summed E-state index contributed by atoms with van der Waals surface area (Å²) in [5.41, 5.74) is 0. The van der Waals surface area contributed by atoms with E-state index < -0.39 is 0 Å². The van der Waals surface area contributed by atoms with Crippen LogP contribution in [-0.2, 0) is 4.74 Å². The van der Waals surface area contributed by atoms with Gasteiger partial charge in [-0.15, -0.1) is 0 Å². The first-order valence-electron chi connectivity index (χ1n) is 4.00. The predicted octanol–water partition coefficient (Wildman–Crippen LogP) is 1.18. The molecular weight excluding hydrogens is 128 g/mol. The molecule has 4 atom stereocenters. The number of aliphatic hydroxyl groups is 1. The summed E-state index contributed by atoms with van der Waals surface area (Å²) in [6, 6.07) is 0. The van der Waals surface area contributed by atoms with Gasteiger partial charge in [-0.3, -0.25) is 0 Å². The number of hydrogen-bond acceptors (Lipinski definition) is 2. The van der Waals surface area contributed by atoms with Crippen LogP contribution in [0.4, 0.5) is 0 Å². The average Bonchev–Trinajstić information content (AvgIpc) is 2.17. The van der Waals surface area contributed by atoms with Crippen molar-refractivity contribution < 1.29 is 9.84 Å². The minimum absolute atomic E-state index is 0.0741. The molecule has 1 aliphatic heterocycles. The summed E-state index contributed by atoms with van der Waals surface area (Å²) in [6.45, 7) is 6.09. The highest BCUT2D eigenvalue weighted by atomic mass is 16.5. The number of aliphatic hydroxyl groups excluding tert-OH is 1. The van der Waals surface area contributed by atoms with Crippen LogP contribution < -0.4 is 0 Å². The molecule has 0 amide bonds. The van der Waals surface area contributed by atoms with Crippen molar-refractivity contribution >= 4 is 0 Å². The van der Waals surface area contributed by atoms with Crippen molar-refractivity contribution in [3.63, 3.8) is 0 Å². The van der Waals surface area contributed by atoms with Crippen molar-refractivity contribution in [2.75, 3.05) is 0 Å². The second kappa shape index (κ2) is 2.89. The molecule has 1 saturated heterocycles. The summed E-state index contributed by atoms with van der Waals surface area (Å²) in [4.78, 5) is 0. The van der Waals surface area contributed by atoms with Crippen molar-refractivity contribution in [2.45, 2.75) is 45.5 Å². The summed E-state index contributed by atoms with van der Waals surface area (Å²) in [7, 11) is 0. The van der Waals surface area contributed by atoms with Gasteiger partial charge in [0, 0.05) is 5.92 Å². The summed E-state index contributed by atoms with van der Waals surface area (Å²) in [5, 5.41) is 9.50. The van der Waals surface area contributed by atoms with E-state index in [1.807, 2.05) is 20.8 Å². The molecule has 1 fully saturated rings. The number of ether oxygens (including phenoxy) is 1. The highest BCUT2D eigenvalue weighted by Crippen LogP contribution is 2.27. The molecule has 0 saturated carbocycles. The van der Waals surface area contributed by atoms with Crippen LogP contribution in [0.15, 0.2) is 0 Å². The van der Waals surface area contributed by atoms with Crippen LogP contribution in [0.25, 0.3) is 0 Å². The van der Waals surface area contributed by atoms with E-state index in [-0.39, 0.29) is 18.3 Å². The lowest BCUT2D eigenvalue weighted by Gasteiger charge is -2.11. The van der Waals surface area contributed by atoms with Crippen LogP contribution in [-0.4, -0.2) is 23.4 Å². The number of hydrogen-bond donors (Lipinski definition) is 1.